The van der Waals surface area contributed by atoms with E-state index in [9.17, 15) is 9.59 Å². The lowest BCUT2D eigenvalue weighted by Gasteiger charge is -2.21. The number of fused-ring (bicyclic) bond motifs is 1. The molecule has 2 N–H and O–H groups in total. The molecular weight excluding hydrogens is 332 g/mol. The maximum Gasteiger partial charge on any atom is 0.251 e. The van der Waals surface area contributed by atoms with Crippen LogP contribution in [-0.4, -0.2) is 31.6 Å². The van der Waals surface area contributed by atoms with Crippen molar-refractivity contribution < 1.29 is 19.1 Å². The van der Waals surface area contributed by atoms with E-state index in [0.29, 0.717) is 30.3 Å². The summed E-state index contributed by atoms with van der Waals surface area (Å²) in [5.41, 5.74) is 2.52. The summed E-state index contributed by atoms with van der Waals surface area (Å²) in [4.78, 5) is 24.2. The second-order valence-corrected chi connectivity index (χ2v) is 6.24. The first-order valence-corrected chi connectivity index (χ1v) is 8.57. The first kappa shape index (κ1) is 17.8. The number of hydrogen-bond donors (Lipinski definition) is 2. The van der Waals surface area contributed by atoms with Crippen molar-refractivity contribution in [3.8, 4) is 11.5 Å². The van der Waals surface area contributed by atoms with Crippen LogP contribution in [0.3, 0.4) is 0 Å². The Kier molecular flexibility index (Phi) is 5.41. The average molecular weight is 354 g/mol. The van der Waals surface area contributed by atoms with Gasteiger partial charge >= 0.3 is 0 Å². The fourth-order valence-electron chi connectivity index (χ4n) is 2.67. The van der Waals surface area contributed by atoms with E-state index in [2.05, 4.69) is 10.6 Å². The maximum atomic E-state index is 12.1. The van der Waals surface area contributed by atoms with E-state index in [0.717, 1.165) is 11.1 Å². The molecule has 1 unspecified atom stereocenters. The van der Waals surface area contributed by atoms with E-state index in [1.165, 1.54) is 0 Å². The highest BCUT2D eigenvalue weighted by molar-refractivity contribution is 5.96. The molecule has 0 bridgehead atoms. The summed E-state index contributed by atoms with van der Waals surface area (Å²) in [5, 5.41) is 5.50. The van der Waals surface area contributed by atoms with Crippen molar-refractivity contribution in [3.63, 3.8) is 0 Å². The zero-order chi connectivity index (χ0) is 18.5. The van der Waals surface area contributed by atoms with Crippen LogP contribution in [0.1, 0.15) is 34.5 Å². The highest BCUT2D eigenvalue weighted by Gasteiger charge is 2.16. The van der Waals surface area contributed by atoms with E-state index in [1.54, 1.807) is 12.1 Å². The minimum Gasteiger partial charge on any atom is -0.486 e. The Morgan fingerprint density at radius 3 is 2.46 bits per heavy atom. The Bertz CT molecular complexity index is 802. The van der Waals surface area contributed by atoms with Gasteiger partial charge in [0.05, 0.1) is 12.6 Å². The quantitative estimate of drug-likeness (QED) is 0.864. The van der Waals surface area contributed by atoms with Crippen LogP contribution >= 0.6 is 0 Å². The predicted molar refractivity (Wildman–Crippen MR) is 97.5 cm³/mol. The van der Waals surface area contributed by atoms with Crippen molar-refractivity contribution in [2.24, 2.45) is 0 Å². The Balaban J connectivity index is 1.52. The van der Waals surface area contributed by atoms with Gasteiger partial charge in [-0.3, -0.25) is 9.59 Å². The fraction of sp³-hybridized carbons (Fsp3) is 0.300. The molecule has 6 nitrogen and oxygen atoms in total. The smallest absolute Gasteiger partial charge is 0.251 e. The molecule has 0 spiro atoms. The summed E-state index contributed by atoms with van der Waals surface area (Å²) in [5.74, 6) is 0.867. The van der Waals surface area contributed by atoms with Gasteiger partial charge in [-0.05, 0) is 43.7 Å². The first-order valence-electron chi connectivity index (χ1n) is 8.57. The number of benzene rings is 2. The lowest BCUT2D eigenvalue weighted by molar-refractivity contribution is -0.120. The Hall–Kier alpha value is -3.02. The summed E-state index contributed by atoms with van der Waals surface area (Å²) in [6, 6.07) is 12.6. The van der Waals surface area contributed by atoms with Crippen LogP contribution in [0.15, 0.2) is 42.5 Å². The third-order valence-corrected chi connectivity index (χ3v) is 4.17. The molecule has 6 heteroatoms. The molecule has 1 atom stereocenters. The molecular formula is C20H22N2O4. The van der Waals surface area contributed by atoms with Crippen LogP contribution < -0.4 is 20.1 Å². The molecule has 136 valence electrons. The minimum atomic E-state index is -0.271. The van der Waals surface area contributed by atoms with Crippen LogP contribution in [0.5, 0.6) is 11.5 Å². The van der Waals surface area contributed by atoms with Crippen molar-refractivity contribution >= 4 is 11.8 Å². The molecule has 0 fully saturated rings. The number of carbonyl (C=O) groups is 2. The summed E-state index contributed by atoms with van der Waals surface area (Å²) < 4.78 is 11.1. The third-order valence-electron chi connectivity index (χ3n) is 4.17. The van der Waals surface area contributed by atoms with Gasteiger partial charge in [-0.15, -0.1) is 0 Å². The van der Waals surface area contributed by atoms with Crippen molar-refractivity contribution in [1.82, 2.24) is 10.6 Å². The number of aryl methyl sites for hydroxylation is 1. The maximum absolute atomic E-state index is 12.1. The van der Waals surface area contributed by atoms with Crippen LogP contribution in [0, 0.1) is 6.92 Å². The molecule has 26 heavy (non-hydrogen) atoms. The zero-order valence-electron chi connectivity index (χ0n) is 14.9. The molecule has 3 rings (SSSR count). The van der Waals surface area contributed by atoms with Crippen LogP contribution in [0.4, 0.5) is 0 Å². The molecule has 0 aromatic heterocycles. The zero-order valence-corrected chi connectivity index (χ0v) is 14.9. The van der Waals surface area contributed by atoms with Gasteiger partial charge in [0, 0.05) is 5.56 Å². The number of amides is 2. The SMILES string of the molecule is Cc1ccc(C(=O)NCC(=O)NC(C)c2ccc3c(c2)OCCO3)cc1. The van der Waals surface area contributed by atoms with Gasteiger partial charge in [-0.2, -0.15) is 0 Å². The largest absolute Gasteiger partial charge is 0.486 e. The first-order chi connectivity index (χ1) is 12.5. The topological polar surface area (TPSA) is 76.7 Å². The number of carbonyl (C=O) groups excluding carboxylic acids is 2. The third kappa shape index (κ3) is 4.33. The Morgan fingerprint density at radius 2 is 1.73 bits per heavy atom. The summed E-state index contributed by atoms with van der Waals surface area (Å²) in [7, 11) is 0. The summed E-state index contributed by atoms with van der Waals surface area (Å²) in [6.07, 6.45) is 0. The van der Waals surface area contributed by atoms with Crippen molar-refractivity contribution in [1.29, 1.82) is 0 Å². The molecule has 2 aromatic carbocycles. The number of rotatable bonds is 5. The Labute approximate surface area is 152 Å². The van der Waals surface area contributed by atoms with E-state index in [-0.39, 0.29) is 24.4 Å². The molecule has 0 radical (unpaired) electrons. The standard InChI is InChI=1S/C20H22N2O4/c1-13-3-5-15(6-4-13)20(24)21-12-19(23)22-14(2)16-7-8-17-18(11-16)26-10-9-25-17/h3-8,11,14H,9-10,12H2,1-2H3,(H,21,24)(H,22,23). The molecule has 2 amide bonds. The summed E-state index contributed by atoms with van der Waals surface area (Å²) >= 11 is 0. The van der Waals surface area contributed by atoms with Gasteiger partial charge in [0.2, 0.25) is 5.91 Å². The minimum absolute atomic E-state index is 0.0817. The molecule has 0 aliphatic carbocycles. The normalized spacial score (nSPS) is 13.6. The van der Waals surface area contributed by atoms with Crippen LogP contribution in [0.2, 0.25) is 0 Å². The molecule has 1 aliphatic rings. The number of ether oxygens (including phenoxy) is 2. The molecule has 0 saturated carbocycles. The second-order valence-electron chi connectivity index (χ2n) is 6.24. The highest BCUT2D eigenvalue weighted by atomic mass is 16.6. The van der Waals surface area contributed by atoms with E-state index in [1.807, 2.05) is 44.2 Å². The molecule has 0 saturated heterocycles. The monoisotopic (exact) mass is 354 g/mol. The molecule has 1 aliphatic heterocycles. The van der Waals surface area contributed by atoms with Gasteiger partial charge in [0.15, 0.2) is 11.5 Å². The number of hydrogen-bond acceptors (Lipinski definition) is 4. The average Bonchev–Trinajstić information content (AvgIpc) is 2.66. The summed E-state index contributed by atoms with van der Waals surface area (Å²) in [6.45, 7) is 4.81. The Morgan fingerprint density at radius 1 is 1.04 bits per heavy atom. The van der Waals surface area contributed by atoms with Crippen molar-refractivity contribution in [2.45, 2.75) is 19.9 Å². The predicted octanol–water partition coefficient (Wildman–Crippen LogP) is 2.37. The van der Waals surface area contributed by atoms with Gasteiger partial charge in [0.25, 0.3) is 5.91 Å². The van der Waals surface area contributed by atoms with Gasteiger partial charge < -0.3 is 20.1 Å². The van der Waals surface area contributed by atoms with Gasteiger partial charge in [-0.1, -0.05) is 23.8 Å². The lowest BCUT2D eigenvalue weighted by Crippen LogP contribution is -2.38. The molecule has 2 aromatic rings. The lowest BCUT2D eigenvalue weighted by atomic mass is 10.1. The van der Waals surface area contributed by atoms with Gasteiger partial charge in [-0.25, -0.2) is 0 Å². The second kappa shape index (κ2) is 7.91. The van der Waals surface area contributed by atoms with Gasteiger partial charge in [0.1, 0.15) is 13.2 Å². The van der Waals surface area contributed by atoms with E-state index < -0.39 is 0 Å². The van der Waals surface area contributed by atoms with Crippen LogP contribution in [-0.2, 0) is 4.79 Å². The van der Waals surface area contributed by atoms with Crippen molar-refractivity contribution in [3.05, 3.63) is 59.2 Å². The van der Waals surface area contributed by atoms with E-state index >= 15 is 0 Å². The number of nitrogens with one attached hydrogen (secondary N) is 2. The molecule has 1 heterocycles. The van der Waals surface area contributed by atoms with Crippen molar-refractivity contribution in [2.75, 3.05) is 19.8 Å². The fourth-order valence-corrected chi connectivity index (χ4v) is 2.67. The van der Waals surface area contributed by atoms with E-state index in [4.69, 9.17) is 9.47 Å². The van der Waals surface area contributed by atoms with Crippen LogP contribution in [0.25, 0.3) is 0 Å². The highest BCUT2D eigenvalue weighted by Crippen LogP contribution is 2.32.